The normalized spacial score (nSPS) is 23.4. The van der Waals surface area contributed by atoms with Gasteiger partial charge < -0.3 is 0 Å². The van der Waals surface area contributed by atoms with Gasteiger partial charge in [-0.2, -0.15) is 5.10 Å². The van der Waals surface area contributed by atoms with E-state index < -0.39 is 0 Å². The summed E-state index contributed by atoms with van der Waals surface area (Å²) in [4.78, 5) is 2.63. The molecule has 0 unspecified atom stereocenters. The molecule has 0 radical (unpaired) electrons. The van der Waals surface area contributed by atoms with Crippen LogP contribution in [0.4, 0.5) is 5.69 Å². The zero-order chi connectivity index (χ0) is 13.8. The van der Waals surface area contributed by atoms with Crippen LogP contribution in [0, 0.1) is 6.92 Å². The summed E-state index contributed by atoms with van der Waals surface area (Å²) >= 11 is 0. The molecule has 2 aliphatic rings. The lowest BCUT2D eigenvalue weighted by Gasteiger charge is -2.30. The number of rotatable bonds is 3. The zero-order valence-electron chi connectivity index (χ0n) is 12.4. The molecule has 3 nitrogen and oxygen atoms in total. The van der Waals surface area contributed by atoms with Crippen molar-refractivity contribution in [3.8, 4) is 0 Å². The van der Waals surface area contributed by atoms with Crippen molar-refractivity contribution in [1.29, 1.82) is 0 Å². The molecular weight excluding hydrogens is 246 g/mol. The van der Waals surface area contributed by atoms with Crippen molar-refractivity contribution in [2.24, 2.45) is 5.10 Å². The second kappa shape index (κ2) is 6.40. The van der Waals surface area contributed by atoms with Crippen LogP contribution in [0.1, 0.15) is 44.1 Å². The zero-order valence-corrected chi connectivity index (χ0v) is 12.4. The second-order valence-corrected chi connectivity index (χ2v) is 6.17. The van der Waals surface area contributed by atoms with Gasteiger partial charge >= 0.3 is 0 Å². The Labute approximate surface area is 122 Å². The first-order chi connectivity index (χ1) is 9.81. The van der Waals surface area contributed by atoms with Gasteiger partial charge in [0.2, 0.25) is 0 Å². The Hall–Kier alpha value is -1.35. The highest BCUT2D eigenvalue weighted by molar-refractivity contribution is 5.89. The van der Waals surface area contributed by atoms with Crippen molar-refractivity contribution < 1.29 is 0 Å². The predicted molar refractivity (Wildman–Crippen MR) is 85.3 cm³/mol. The molecule has 1 heterocycles. The van der Waals surface area contributed by atoms with Crippen molar-refractivity contribution in [3.63, 3.8) is 0 Å². The number of hydrogen-bond donors (Lipinski definition) is 1. The number of likely N-dealkylation sites (tertiary alicyclic amines) is 1. The lowest BCUT2D eigenvalue weighted by Crippen LogP contribution is -2.35. The van der Waals surface area contributed by atoms with Gasteiger partial charge in [-0.1, -0.05) is 37.0 Å². The van der Waals surface area contributed by atoms with Gasteiger partial charge in [0.25, 0.3) is 0 Å². The average Bonchev–Trinajstić information content (AvgIpc) is 2.97. The van der Waals surface area contributed by atoms with Crippen LogP contribution in [0.25, 0.3) is 0 Å². The van der Waals surface area contributed by atoms with Crippen LogP contribution in [-0.2, 0) is 0 Å². The molecule has 0 spiro atoms. The summed E-state index contributed by atoms with van der Waals surface area (Å²) in [6.45, 7) is 4.36. The van der Waals surface area contributed by atoms with Gasteiger partial charge in [-0.3, -0.25) is 10.3 Å². The fourth-order valence-electron chi connectivity index (χ4n) is 3.29. The summed E-state index contributed by atoms with van der Waals surface area (Å²) in [5.41, 5.74) is 6.87. The van der Waals surface area contributed by atoms with E-state index in [1.165, 1.54) is 49.9 Å². The van der Waals surface area contributed by atoms with Crippen LogP contribution in [0.2, 0.25) is 0 Å². The minimum Gasteiger partial charge on any atom is -0.294 e. The van der Waals surface area contributed by atoms with Gasteiger partial charge in [0.05, 0.1) is 11.4 Å². The van der Waals surface area contributed by atoms with E-state index in [1.54, 1.807) is 0 Å². The summed E-state index contributed by atoms with van der Waals surface area (Å²) in [6, 6.07) is 9.23. The highest BCUT2D eigenvalue weighted by Gasteiger charge is 2.26. The predicted octanol–water partition coefficient (Wildman–Crippen LogP) is 3.80. The molecule has 0 bridgehead atoms. The largest absolute Gasteiger partial charge is 0.294 e. The molecule has 1 saturated heterocycles. The van der Waals surface area contributed by atoms with Crippen molar-refractivity contribution in [3.05, 3.63) is 29.8 Å². The van der Waals surface area contributed by atoms with E-state index >= 15 is 0 Å². The van der Waals surface area contributed by atoms with Crippen LogP contribution in [0.5, 0.6) is 0 Å². The van der Waals surface area contributed by atoms with E-state index in [4.69, 9.17) is 0 Å². The lowest BCUT2D eigenvalue weighted by atomic mass is 9.94. The first kappa shape index (κ1) is 13.6. The standard InChI is InChI=1S/C17H25N3/c1-14-7-9-15(10-8-14)18-19-16-11-12-20(13-16)17-5-3-2-4-6-17/h7-10,17-18H,2-6,11-13H2,1H3. The van der Waals surface area contributed by atoms with Crippen molar-refractivity contribution in [1.82, 2.24) is 4.90 Å². The molecule has 1 saturated carbocycles. The minimum absolute atomic E-state index is 0.816. The lowest BCUT2D eigenvalue weighted by molar-refractivity contribution is 0.197. The summed E-state index contributed by atoms with van der Waals surface area (Å²) in [5, 5.41) is 4.59. The van der Waals surface area contributed by atoms with Crippen molar-refractivity contribution in [2.75, 3.05) is 18.5 Å². The van der Waals surface area contributed by atoms with E-state index in [9.17, 15) is 0 Å². The van der Waals surface area contributed by atoms with Crippen molar-refractivity contribution >= 4 is 11.4 Å². The Morgan fingerprint density at radius 1 is 1.10 bits per heavy atom. The third-order valence-electron chi connectivity index (χ3n) is 4.56. The summed E-state index contributed by atoms with van der Waals surface area (Å²) in [7, 11) is 0. The van der Waals surface area contributed by atoms with Crippen molar-refractivity contribution in [2.45, 2.75) is 51.5 Å². The molecule has 3 rings (SSSR count). The number of aryl methyl sites for hydroxylation is 1. The monoisotopic (exact) mass is 271 g/mol. The fourth-order valence-corrected chi connectivity index (χ4v) is 3.29. The number of benzene rings is 1. The maximum atomic E-state index is 4.59. The van der Waals surface area contributed by atoms with Crippen LogP contribution in [0.3, 0.4) is 0 Å². The van der Waals surface area contributed by atoms with E-state index in [-0.39, 0.29) is 0 Å². The first-order valence-electron chi connectivity index (χ1n) is 7.93. The van der Waals surface area contributed by atoms with Gasteiger partial charge in [0.1, 0.15) is 0 Å². The molecule has 3 heteroatoms. The Morgan fingerprint density at radius 2 is 1.85 bits per heavy atom. The third-order valence-corrected chi connectivity index (χ3v) is 4.56. The minimum atomic E-state index is 0.816. The molecule has 108 valence electrons. The summed E-state index contributed by atoms with van der Waals surface area (Å²) in [6.07, 6.45) is 8.15. The number of hydrazone groups is 1. The Balaban J connectivity index is 1.53. The van der Waals surface area contributed by atoms with Gasteiger partial charge in [-0.15, -0.1) is 0 Å². The molecule has 1 aromatic carbocycles. The van der Waals surface area contributed by atoms with Gasteiger partial charge in [0.15, 0.2) is 0 Å². The van der Waals surface area contributed by atoms with Crippen LogP contribution in [0.15, 0.2) is 29.4 Å². The van der Waals surface area contributed by atoms with Crippen LogP contribution >= 0.6 is 0 Å². The maximum Gasteiger partial charge on any atom is 0.0561 e. The Kier molecular flexibility index (Phi) is 4.36. The van der Waals surface area contributed by atoms with Gasteiger partial charge in [0, 0.05) is 25.6 Å². The second-order valence-electron chi connectivity index (χ2n) is 6.17. The van der Waals surface area contributed by atoms with Gasteiger partial charge in [-0.05, 0) is 31.9 Å². The summed E-state index contributed by atoms with van der Waals surface area (Å²) < 4.78 is 0. The van der Waals surface area contributed by atoms with Gasteiger partial charge in [-0.25, -0.2) is 0 Å². The van der Waals surface area contributed by atoms with Crippen LogP contribution < -0.4 is 5.43 Å². The van der Waals surface area contributed by atoms with E-state index in [0.717, 1.165) is 24.7 Å². The molecular formula is C17H25N3. The Morgan fingerprint density at radius 3 is 2.60 bits per heavy atom. The smallest absolute Gasteiger partial charge is 0.0561 e. The van der Waals surface area contributed by atoms with E-state index in [2.05, 4.69) is 46.6 Å². The maximum absolute atomic E-state index is 4.59. The number of nitrogens with zero attached hydrogens (tertiary/aromatic N) is 2. The summed E-state index contributed by atoms with van der Waals surface area (Å²) in [5.74, 6) is 0. The number of nitrogens with one attached hydrogen (secondary N) is 1. The number of anilines is 1. The molecule has 0 aromatic heterocycles. The van der Waals surface area contributed by atoms with E-state index in [0.29, 0.717) is 0 Å². The first-order valence-corrected chi connectivity index (χ1v) is 7.93. The molecule has 1 N–H and O–H groups in total. The average molecular weight is 271 g/mol. The highest BCUT2D eigenvalue weighted by Crippen LogP contribution is 2.25. The third kappa shape index (κ3) is 3.40. The SMILES string of the molecule is Cc1ccc(NN=C2CCN(C3CCCCC3)C2)cc1. The molecule has 2 fully saturated rings. The molecule has 1 aliphatic carbocycles. The Bertz CT molecular complexity index is 458. The fraction of sp³-hybridized carbons (Fsp3) is 0.588. The molecule has 20 heavy (non-hydrogen) atoms. The topological polar surface area (TPSA) is 27.6 Å². The molecule has 1 aliphatic heterocycles. The molecule has 1 aromatic rings. The van der Waals surface area contributed by atoms with Crippen LogP contribution in [-0.4, -0.2) is 29.7 Å². The molecule has 0 atom stereocenters. The molecule has 0 amide bonds. The van der Waals surface area contributed by atoms with E-state index in [1.807, 2.05) is 0 Å². The quantitative estimate of drug-likeness (QED) is 0.847. The number of hydrogen-bond acceptors (Lipinski definition) is 3. The highest BCUT2D eigenvalue weighted by atomic mass is 15.3.